The molecule has 0 aliphatic heterocycles. The van der Waals surface area contributed by atoms with E-state index in [9.17, 15) is 8.78 Å². The van der Waals surface area contributed by atoms with Gasteiger partial charge in [-0.2, -0.15) is 0 Å². The smallest absolute Gasteiger partial charge is 0.127 e. The Labute approximate surface area is 77.6 Å². The second-order valence-corrected chi connectivity index (χ2v) is 4.20. The normalized spacial score (nSPS) is 11.8. The first-order valence-corrected chi connectivity index (χ1v) is 4.30. The van der Waals surface area contributed by atoms with Crippen LogP contribution in [-0.2, 0) is 12.1 Å². The van der Waals surface area contributed by atoms with Crippen LogP contribution in [0.1, 0.15) is 31.9 Å². The zero-order chi connectivity index (χ0) is 10.1. The Kier molecular flexibility index (Phi) is 2.69. The quantitative estimate of drug-likeness (QED) is 0.625. The van der Waals surface area contributed by atoms with Crippen LogP contribution in [0.5, 0.6) is 0 Å². The van der Waals surface area contributed by atoms with Crippen LogP contribution in [0.15, 0.2) is 18.2 Å². The molecule has 0 fully saturated rings. The van der Waals surface area contributed by atoms with E-state index in [1.807, 2.05) is 20.8 Å². The largest absolute Gasteiger partial charge is 0.246 e. The lowest BCUT2D eigenvalue weighted by Gasteiger charge is -2.19. The highest BCUT2D eigenvalue weighted by atomic mass is 19.1. The molecule has 0 aliphatic rings. The number of benzene rings is 1. The van der Waals surface area contributed by atoms with E-state index in [-0.39, 0.29) is 11.2 Å². The average molecular weight is 184 g/mol. The monoisotopic (exact) mass is 184 g/mol. The van der Waals surface area contributed by atoms with Crippen molar-refractivity contribution < 1.29 is 8.78 Å². The molecule has 1 rings (SSSR count). The minimum atomic E-state index is -0.610. The molecule has 0 nitrogen and oxygen atoms in total. The van der Waals surface area contributed by atoms with Crippen molar-refractivity contribution in [2.24, 2.45) is 0 Å². The van der Waals surface area contributed by atoms with Crippen molar-refractivity contribution in [3.05, 3.63) is 35.1 Å². The summed E-state index contributed by atoms with van der Waals surface area (Å²) in [5.41, 5.74) is 0.800. The lowest BCUT2D eigenvalue weighted by molar-refractivity contribution is 0.477. The summed E-state index contributed by atoms with van der Waals surface area (Å²) in [5, 5.41) is 0. The van der Waals surface area contributed by atoms with Gasteiger partial charge in [-0.3, -0.25) is 0 Å². The van der Waals surface area contributed by atoms with Crippen LogP contribution in [0, 0.1) is 5.82 Å². The summed E-state index contributed by atoms with van der Waals surface area (Å²) in [6, 6.07) is 4.55. The van der Waals surface area contributed by atoms with Crippen LogP contribution >= 0.6 is 0 Å². The molecule has 13 heavy (non-hydrogen) atoms. The van der Waals surface area contributed by atoms with Crippen molar-refractivity contribution in [3.63, 3.8) is 0 Å². The Morgan fingerprint density at radius 3 is 2.23 bits per heavy atom. The van der Waals surface area contributed by atoms with Crippen LogP contribution in [0.2, 0.25) is 0 Å². The van der Waals surface area contributed by atoms with Gasteiger partial charge in [0.25, 0.3) is 0 Å². The minimum Gasteiger partial charge on any atom is -0.246 e. The molecule has 1 aromatic carbocycles. The SMILES string of the molecule is CC(C)(C)c1ccc(CF)cc1F. The zero-order valence-corrected chi connectivity index (χ0v) is 8.20. The molecular formula is C11H14F2. The van der Waals surface area contributed by atoms with Crippen LogP contribution < -0.4 is 0 Å². The Morgan fingerprint density at radius 1 is 1.23 bits per heavy atom. The summed E-state index contributed by atoms with van der Waals surface area (Å²) in [6.07, 6.45) is 0. The van der Waals surface area contributed by atoms with Crippen molar-refractivity contribution in [1.29, 1.82) is 0 Å². The van der Waals surface area contributed by atoms with E-state index in [1.165, 1.54) is 6.07 Å². The molecule has 0 saturated heterocycles. The maximum Gasteiger partial charge on any atom is 0.127 e. The predicted octanol–water partition coefficient (Wildman–Crippen LogP) is 3.59. The van der Waals surface area contributed by atoms with Gasteiger partial charge in [0.05, 0.1) is 0 Å². The van der Waals surface area contributed by atoms with E-state index in [0.717, 1.165) is 0 Å². The number of halogens is 2. The van der Waals surface area contributed by atoms with Crippen molar-refractivity contribution in [2.75, 3.05) is 0 Å². The highest BCUT2D eigenvalue weighted by molar-refractivity contribution is 5.28. The van der Waals surface area contributed by atoms with Crippen LogP contribution in [0.25, 0.3) is 0 Å². The zero-order valence-electron chi connectivity index (χ0n) is 8.20. The van der Waals surface area contributed by atoms with Crippen molar-refractivity contribution in [2.45, 2.75) is 32.9 Å². The fourth-order valence-corrected chi connectivity index (χ4v) is 1.25. The molecule has 0 radical (unpaired) electrons. The lowest BCUT2D eigenvalue weighted by atomic mass is 9.86. The van der Waals surface area contributed by atoms with Crippen LogP contribution in [0.4, 0.5) is 8.78 Å². The number of hydrogen-bond donors (Lipinski definition) is 0. The Bertz CT molecular complexity index is 297. The average Bonchev–Trinajstić information content (AvgIpc) is 2.01. The molecule has 0 unspecified atom stereocenters. The van der Waals surface area contributed by atoms with Crippen LogP contribution in [0.3, 0.4) is 0 Å². The molecule has 0 bridgehead atoms. The molecule has 0 aliphatic carbocycles. The first-order chi connectivity index (χ1) is 5.95. The minimum absolute atomic E-state index is 0.223. The van der Waals surface area contributed by atoms with Crippen molar-refractivity contribution in [1.82, 2.24) is 0 Å². The first-order valence-electron chi connectivity index (χ1n) is 4.30. The van der Waals surface area contributed by atoms with E-state index in [4.69, 9.17) is 0 Å². The van der Waals surface area contributed by atoms with Gasteiger partial charge in [-0.15, -0.1) is 0 Å². The third-order valence-corrected chi connectivity index (χ3v) is 2.00. The van der Waals surface area contributed by atoms with Gasteiger partial charge >= 0.3 is 0 Å². The van der Waals surface area contributed by atoms with Gasteiger partial charge in [0.1, 0.15) is 12.5 Å². The maximum atomic E-state index is 13.4. The predicted molar refractivity (Wildman–Crippen MR) is 49.9 cm³/mol. The Balaban J connectivity index is 3.13. The molecular weight excluding hydrogens is 170 g/mol. The molecule has 0 atom stereocenters. The van der Waals surface area contributed by atoms with Crippen molar-refractivity contribution in [3.8, 4) is 0 Å². The summed E-state index contributed by atoms with van der Waals surface area (Å²) in [4.78, 5) is 0. The molecule has 0 saturated carbocycles. The standard InChI is InChI=1S/C11H14F2/c1-11(2,3)9-5-4-8(7-12)6-10(9)13/h4-6H,7H2,1-3H3. The van der Waals surface area contributed by atoms with Crippen LogP contribution in [-0.4, -0.2) is 0 Å². The third-order valence-electron chi connectivity index (χ3n) is 2.00. The molecule has 0 N–H and O–H groups in total. The molecule has 0 spiro atoms. The summed E-state index contributed by atoms with van der Waals surface area (Å²) in [7, 11) is 0. The molecule has 0 amide bonds. The molecule has 0 aromatic heterocycles. The Hall–Kier alpha value is -0.920. The third kappa shape index (κ3) is 2.27. The number of hydrogen-bond acceptors (Lipinski definition) is 0. The lowest BCUT2D eigenvalue weighted by Crippen LogP contribution is -2.13. The van der Waals surface area contributed by atoms with E-state index < -0.39 is 6.67 Å². The molecule has 72 valence electrons. The summed E-state index contributed by atoms with van der Waals surface area (Å²) >= 11 is 0. The topological polar surface area (TPSA) is 0 Å². The van der Waals surface area contributed by atoms with Gasteiger partial charge in [-0.1, -0.05) is 32.9 Å². The van der Waals surface area contributed by atoms with E-state index >= 15 is 0 Å². The van der Waals surface area contributed by atoms with Gasteiger partial charge in [-0.05, 0) is 22.6 Å². The maximum absolute atomic E-state index is 13.4. The second kappa shape index (κ2) is 3.44. The van der Waals surface area contributed by atoms with E-state index in [2.05, 4.69) is 0 Å². The Morgan fingerprint density at radius 2 is 1.85 bits per heavy atom. The fraction of sp³-hybridized carbons (Fsp3) is 0.455. The number of rotatable bonds is 1. The first kappa shape index (κ1) is 10.2. The fourth-order valence-electron chi connectivity index (χ4n) is 1.25. The van der Waals surface area contributed by atoms with Gasteiger partial charge < -0.3 is 0 Å². The van der Waals surface area contributed by atoms with E-state index in [0.29, 0.717) is 11.1 Å². The molecule has 0 heterocycles. The second-order valence-electron chi connectivity index (χ2n) is 4.20. The van der Waals surface area contributed by atoms with Gasteiger partial charge in [0.15, 0.2) is 0 Å². The van der Waals surface area contributed by atoms with Gasteiger partial charge in [-0.25, -0.2) is 8.78 Å². The number of alkyl halides is 1. The van der Waals surface area contributed by atoms with Gasteiger partial charge in [0, 0.05) is 0 Å². The van der Waals surface area contributed by atoms with Crippen molar-refractivity contribution >= 4 is 0 Å². The van der Waals surface area contributed by atoms with Gasteiger partial charge in [0.2, 0.25) is 0 Å². The highest BCUT2D eigenvalue weighted by Crippen LogP contribution is 2.25. The summed E-state index contributed by atoms with van der Waals surface area (Å²) in [5.74, 6) is -0.317. The molecule has 1 aromatic rings. The van der Waals surface area contributed by atoms with E-state index in [1.54, 1.807) is 12.1 Å². The summed E-state index contributed by atoms with van der Waals surface area (Å²) < 4.78 is 25.5. The molecule has 2 heteroatoms. The highest BCUT2D eigenvalue weighted by Gasteiger charge is 2.17. The summed E-state index contributed by atoms with van der Waals surface area (Å²) in [6.45, 7) is 5.18.